The molecule has 0 amide bonds. The van der Waals surface area contributed by atoms with Crippen molar-refractivity contribution in [2.75, 3.05) is 13.1 Å². The molecular formula is C13H29N3. The van der Waals surface area contributed by atoms with E-state index in [-0.39, 0.29) is 5.54 Å². The molecule has 96 valence electrons. The first-order valence-corrected chi connectivity index (χ1v) is 6.69. The molecule has 3 heteroatoms. The predicted octanol–water partition coefficient (Wildman–Crippen LogP) is 2.13. The van der Waals surface area contributed by atoms with Gasteiger partial charge < -0.3 is 0 Å². The number of nitrogens with two attached hydrogens (primary N) is 1. The molecule has 0 aliphatic carbocycles. The largest absolute Gasteiger partial charge is 0.297 e. The van der Waals surface area contributed by atoms with Crippen molar-refractivity contribution in [2.45, 2.75) is 65.0 Å². The summed E-state index contributed by atoms with van der Waals surface area (Å²) >= 11 is 0. The van der Waals surface area contributed by atoms with Gasteiger partial charge in [0, 0.05) is 11.6 Å². The summed E-state index contributed by atoms with van der Waals surface area (Å²) in [5.74, 6) is 6.49. The fourth-order valence-electron chi connectivity index (χ4n) is 2.65. The lowest BCUT2D eigenvalue weighted by Gasteiger charge is -2.42. The smallest absolute Gasteiger partial charge is 0.0389 e. The highest BCUT2D eigenvalue weighted by Gasteiger charge is 2.35. The first-order valence-electron chi connectivity index (χ1n) is 6.69. The number of hydrogen-bond acceptors (Lipinski definition) is 3. The van der Waals surface area contributed by atoms with Crippen molar-refractivity contribution >= 4 is 0 Å². The number of nitrogens with zero attached hydrogens (tertiary/aromatic N) is 1. The van der Waals surface area contributed by atoms with Crippen LogP contribution in [0.2, 0.25) is 0 Å². The first kappa shape index (κ1) is 13.9. The van der Waals surface area contributed by atoms with Crippen molar-refractivity contribution in [3.8, 4) is 0 Å². The second-order valence-corrected chi connectivity index (χ2v) is 6.04. The van der Waals surface area contributed by atoms with E-state index in [2.05, 4.69) is 38.0 Å². The van der Waals surface area contributed by atoms with E-state index >= 15 is 0 Å². The molecular weight excluding hydrogens is 198 g/mol. The van der Waals surface area contributed by atoms with Crippen molar-refractivity contribution in [1.82, 2.24) is 10.3 Å². The van der Waals surface area contributed by atoms with Crippen molar-refractivity contribution in [3.63, 3.8) is 0 Å². The van der Waals surface area contributed by atoms with Gasteiger partial charge in [0.1, 0.15) is 0 Å². The molecule has 1 saturated heterocycles. The SMILES string of the molecule is CC(C)CCC(NN)C(C)(C)N1CCCC1. The van der Waals surface area contributed by atoms with Crippen molar-refractivity contribution in [3.05, 3.63) is 0 Å². The van der Waals surface area contributed by atoms with Gasteiger partial charge in [-0.15, -0.1) is 0 Å². The van der Waals surface area contributed by atoms with Crippen LogP contribution in [0.25, 0.3) is 0 Å². The summed E-state index contributed by atoms with van der Waals surface area (Å²) in [4.78, 5) is 2.58. The third kappa shape index (κ3) is 3.44. The van der Waals surface area contributed by atoms with E-state index in [0.29, 0.717) is 6.04 Å². The molecule has 1 unspecified atom stereocenters. The fraction of sp³-hybridized carbons (Fsp3) is 1.00. The molecule has 1 aliphatic heterocycles. The number of hydrogen-bond donors (Lipinski definition) is 2. The summed E-state index contributed by atoms with van der Waals surface area (Å²) in [5, 5.41) is 0. The maximum Gasteiger partial charge on any atom is 0.0389 e. The molecule has 1 aliphatic rings. The van der Waals surface area contributed by atoms with Gasteiger partial charge in [-0.25, -0.2) is 0 Å². The molecule has 3 nitrogen and oxygen atoms in total. The molecule has 0 radical (unpaired) electrons. The summed E-state index contributed by atoms with van der Waals surface area (Å²) in [7, 11) is 0. The zero-order chi connectivity index (χ0) is 12.2. The lowest BCUT2D eigenvalue weighted by molar-refractivity contribution is 0.0996. The maximum atomic E-state index is 5.74. The topological polar surface area (TPSA) is 41.3 Å². The Morgan fingerprint density at radius 3 is 2.19 bits per heavy atom. The van der Waals surface area contributed by atoms with Crippen LogP contribution in [0.4, 0.5) is 0 Å². The van der Waals surface area contributed by atoms with E-state index in [1.54, 1.807) is 0 Å². The van der Waals surface area contributed by atoms with Crippen LogP contribution in [0.15, 0.2) is 0 Å². The summed E-state index contributed by atoms with van der Waals surface area (Å²) in [5.41, 5.74) is 3.21. The minimum atomic E-state index is 0.181. The molecule has 16 heavy (non-hydrogen) atoms. The monoisotopic (exact) mass is 227 g/mol. The average molecular weight is 227 g/mol. The average Bonchev–Trinajstić information content (AvgIpc) is 2.70. The molecule has 0 bridgehead atoms. The van der Waals surface area contributed by atoms with Crippen LogP contribution in [-0.2, 0) is 0 Å². The Kier molecular flexibility index (Phi) is 5.22. The van der Waals surface area contributed by atoms with Gasteiger partial charge in [-0.3, -0.25) is 16.2 Å². The Morgan fingerprint density at radius 1 is 1.19 bits per heavy atom. The van der Waals surface area contributed by atoms with Gasteiger partial charge >= 0.3 is 0 Å². The highest BCUT2D eigenvalue weighted by Crippen LogP contribution is 2.26. The third-order valence-electron chi connectivity index (χ3n) is 4.01. The van der Waals surface area contributed by atoms with E-state index in [0.717, 1.165) is 12.3 Å². The minimum Gasteiger partial charge on any atom is -0.297 e. The minimum absolute atomic E-state index is 0.181. The molecule has 0 saturated carbocycles. The highest BCUT2D eigenvalue weighted by molar-refractivity contribution is 4.94. The Morgan fingerprint density at radius 2 is 1.75 bits per heavy atom. The highest BCUT2D eigenvalue weighted by atomic mass is 15.3. The van der Waals surface area contributed by atoms with Crippen LogP contribution < -0.4 is 11.3 Å². The van der Waals surface area contributed by atoms with E-state index < -0.39 is 0 Å². The van der Waals surface area contributed by atoms with E-state index in [4.69, 9.17) is 5.84 Å². The molecule has 1 atom stereocenters. The zero-order valence-corrected chi connectivity index (χ0v) is 11.4. The molecule has 0 aromatic heterocycles. The van der Waals surface area contributed by atoms with Gasteiger partial charge in [-0.2, -0.15) is 0 Å². The molecule has 1 rings (SSSR count). The van der Waals surface area contributed by atoms with Crippen LogP contribution in [0, 0.1) is 5.92 Å². The normalized spacial score (nSPS) is 20.6. The molecule has 0 aromatic carbocycles. The zero-order valence-electron chi connectivity index (χ0n) is 11.4. The van der Waals surface area contributed by atoms with E-state index in [9.17, 15) is 0 Å². The number of rotatable bonds is 6. The van der Waals surface area contributed by atoms with Gasteiger partial charge in [0.05, 0.1) is 0 Å². The lowest BCUT2D eigenvalue weighted by Crippen LogP contribution is -2.58. The molecule has 3 N–H and O–H groups in total. The maximum absolute atomic E-state index is 5.74. The molecule has 1 fully saturated rings. The molecule has 1 heterocycles. The van der Waals surface area contributed by atoms with Crippen molar-refractivity contribution < 1.29 is 0 Å². The lowest BCUT2D eigenvalue weighted by atomic mass is 9.88. The summed E-state index contributed by atoms with van der Waals surface area (Å²) in [6.07, 6.45) is 5.08. The Bertz CT molecular complexity index is 195. The number of hydrazine groups is 1. The van der Waals surface area contributed by atoms with Crippen LogP contribution in [0.3, 0.4) is 0 Å². The third-order valence-corrected chi connectivity index (χ3v) is 4.01. The van der Waals surface area contributed by atoms with Gasteiger partial charge in [0.15, 0.2) is 0 Å². The summed E-state index contributed by atoms with van der Waals surface area (Å²) in [6.45, 7) is 11.7. The Labute approximate surface area is 101 Å². The summed E-state index contributed by atoms with van der Waals surface area (Å²) < 4.78 is 0. The summed E-state index contributed by atoms with van der Waals surface area (Å²) in [6, 6.07) is 0.396. The van der Waals surface area contributed by atoms with Gasteiger partial charge in [0.2, 0.25) is 0 Å². The van der Waals surface area contributed by atoms with Crippen LogP contribution in [0.1, 0.15) is 53.4 Å². The van der Waals surface area contributed by atoms with Crippen LogP contribution in [0.5, 0.6) is 0 Å². The molecule has 0 aromatic rings. The van der Waals surface area contributed by atoms with Crippen LogP contribution in [-0.4, -0.2) is 29.6 Å². The fourth-order valence-corrected chi connectivity index (χ4v) is 2.65. The quantitative estimate of drug-likeness (QED) is 0.539. The van der Waals surface area contributed by atoms with Crippen LogP contribution >= 0.6 is 0 Å². The van der Waals surface area contributed by atoms with Gasteiger partial charge in [0.25, 0.3) is 0 Å². The van der Waals surface area contributed by atoms with Crippen molar-refractivity contribution in [1.29, 1.82) is 0 Å². The predicted molar refractivity (Wildman–Crippen MR) is 70.1 cm³/mol. The van der Waals surface area contributed by atoms with E-state index in [1.165, 1.54) is 32.4 Å². The standard InChI is InChI=1S/C13H29N3/c1-11(2)7-8-12(15-14)13(3,4)16-9-5-6-10-16/h11-12,15H,5-10,14H2,1-4H3. The van der Waals surface area contributed by atoms with Gasteiger partial charge in [-0.1, -0.05) is 13.8 Å². The second kappa shape index (κ2) is 5.99. The Hall–Kier alpha value is -0.120. The second-order valence-electron chi connectivity index (χ2n) is 6.04. The van der Waals surface area contributed by atoms with Crippen molar-refractivity contribution in [2.24, 2.45) is 11.8 Å². The van der Waals surface area contributed by atoms with E-state index in [1.807, 2.05) is 0 Å². The molecule has 0 spiro atoms. The first-order chi connectivity index (χ1) is 7.48. The number of likely N-dealkylation sites (tertiary alicyclic amines) is 1. The Balaban J connectivity index is 2.54. The number of nitrogens with one attached hydrogen (secondary N) is 1. The van der Waals surface area contributed by atoms with Gasteiger partial charge in [-0.05, 0) is 58.5 Å².